The van der Waals surface area contributed by atoms with Crippen molar-refractivity contribution in [3.63, 3.8) is 0 Å². The predicted molar refractivity (Wildman–Crippen MR) is 121 cm³/mol. The van der Waals surface area contributed by atoms with Crippen LogP contribution in [0.4, 0.5) is 18.0 Å². The van der Waals surface area contributed by atoms with Gasteiger partial charge in [-0.15, -0.1) is 13.2 Å². The summed E-state index contributed by atoms with van der Waals surface area (Å²) in [5, 5.41) is 11.6. The van der Waals surface area contributed by atoms with Gasteiger partial charge >= 0.3 is 12.5 Å². The molecule has 1 aliphatic rings. The Balaban J connectivity index is 1.65. The lowest BCUT2D eigenvalue weighted by atomic mass is 9.90. The lowest BCUT2D eigenvalue weighted by molar-refractivity contribution is -0.274. The first kappa shape index (κ1) is 24.3. The van der Waals surface area contributed by atoms with Gasteiger partial charge in [0.2, 0.25) is 4.96 Å². The van der Waals surface area contributed by atoms with Crippen LogP contribution in [0, 0.1) is 5.92 Å². The molecule has 0 bridgehead atoms. The number of nitrogens with zero attached hydrogens (tertiary/aromatic N) is 3. The minimum absolute atomic E-state index is 0.150. The van der Waals surface area contributed by atoms with Crippen molar-refractivity contribution in [3.05, 3.63) is 35.5 Å². The number of carbonyl (C=O) groups excluding carboxylic acids is 1. The van der Waals surface area contributed by atoms with Gasteiger partial charge in [0.25, 0.3) is 0 Å². The highest BCUT2D eigenvalue weighted by Gasteiger charge is 2.33. The molecule has 12 heteroatoms. The summed E-state index contributed by atoms with van der Waals surface area (Å²) in [6.45, 7) is 7.05. The Hall–Kier alpha value is -2.86. The van der Waals surface area contributed by atoms with Crippen LogP contribution >= 0.6 is 11.3 Å². The second-order valence-corrected chi connectivity index (χ2v) is 10.1. The number of imidazole rings is 1. The van der Waals surface area contributed by atoms with Gasteiger partial charge in [-0.1, -0.05) is 23.5 Å². The summed E-state index contributed by atoms with van der Waals surface area (Å²) in [6.07, 6.45) is -2.05. The molecule has 3 aromatic rings. The SMILES string of the molecule is CC(C)(C)OC(=O)NC(c1nn2c(-c3cccc(OC(F)(F)F)c3)cnc2s1)C1CCNCC1. The van der Waals surface area contributed by atoms with Crippen molar-refractivity contribution in [2.75, 3.05) is 13.1 Å². The summed E-state index contributed by atoms with van der Waals surface area (Å²) < 4.78 is 49.0. The van der Waals surface area contributed by atoms with E-state index < -0.39 is 18.1 Å². The highest BCUT2D eigenvalue weighted by Crippen LogP contribution is 2.34. The normalized spacial score (nSPS) is 16.4. The number of alkyl halides is 3. The molecule has 184 valence electrons. The van der Waals surface area contributed by atoms with Crippen molar-refractivity contribution in [1.29, 1.82) is 0 Å². The standard InChI is InChI=1S/C22H26F3N5O3S/c1-21(2,3)33-20(31)28-17(13-7-9-26-10-8-13)18-29-30-16(12-27-19(30)34-18)14-5-4-6-15(11-14)32-22(23,24)25/h4-6,11-13,17,26H,7-10H2,1-3H3,(H,28,31). The zero-order chi connectivity index (χ0) is 24.5. The Bertz CT molecular complexity index is 1150. The van der Waals surface area contributed by atoms with Crippen LogP contribution in [-0.4, -0.2) is 45.7 Å². The molecule has 0 saturated carbocycles. The van der Waals surface area contributed by atoms with E-state index in [1.807, 2.05) is 0 Å². The number of nitrogens with one attached hydrogen (secondary N) is 2. The van der Waals surface area contributed by atoms with E-state index in [2.05, 4.69) is 20.4 Å². The van der Waals surface area contributed by atoms with E-state index in [0.717, 1.165) is 25.9 Å². The van der Waals surface area contributed by atoms with Gasteiger partial charge in [-0.2, -0.15) is 5.10 Å². The lowest BCUT2D eigenvalue weighted by Crippen LogP contribution is -2.41. The zero-order valence-corrected chi connectivity index (χ0v) is 19.8. The van der Waals surface area contributed by atoms with Crippen LogP contribution in [0.2, 0.25) is 0 Å². The second kappa shape index (κ2) is 9.41. The fourth-order valence-corrected chi connectivity index (χ4v) is 4.89. The number of ether oxygens (including phenoxy) is 2. The topological polar surface area (TPSA) is 89.8 Å². The fraction of sp³-hybridized carbons (Fsp3) is 0.500. The number of rotatable bonds is 5. The van der Waals surface area contributed by atoms with Crippen LogP contribution in [0.3, 0.4) is 0 Å². The van der Waals surface area contributed by atoms with E-state index >= 15 is 0 Å². The van der Waals surface area contributed by atoms with Gasteiger partial charge in [0.1, 0.15) is 16.4 Å². The summed E-state index contributed by atoms with van der Waals surface area (Å²) in [6, 6.07) is 5.29. The Morgan fingerprint density at radius 3 is 2.68 bits per heavy atom. The smallest absolute Gasteiger partial charge is 0.444 e. The number of hydrogen-bond acceptors (Lipinski definition) is 7. The van der Waals surface area contributed by atoms with E-state index in [4.69, 9.17) is 9.84 Å². The van der Waals surface area contributed by atoms with E-state index in [9.17, 15) is 18.0 Å². The molecule has 0 radical (unpaired) electrons. The predicted octanol–water partition coefficient (Wildman–Crippen LogP) is 4.92. The average Bonchev–Trinajstić information content (AvgIpc) is 3.31. The number of fused-ring (bicyclic) bond motifs is 1. The number of halogens is 3. The monoisotopic (exact) mass is 497 g/mol. The van der Waals surface area contributed by atoms with Crippen LogP contribution < -0.4 is 15.4 Å². The van der Waals surface area contributed by atoms with Gasteiger partial charge in [-0.3, -0.25) is 0 Å². The first-order chi connectivity index (χ1) is 16.0. The number of piperidine rings is 1. The van der Waals surface area contributed by atoms with Crippen LogP contribution in [0.1, 0.15) is 44.7 Å². The number of alkyl carbamates (subject to hydrolysis) is 1. The molecule has 0 aliphatic carbocycles. The van der Waals surface area contributed by atoms with Crippen molar-refractivity contribution >= 4 is 22.4 Å². The minimum Gasteiger partial charge on any atom is -0.444 e. The van der Waals surface area contributed by atoms with Gasteiger partial charge in [-0.05, 0) is 64.8 Å². The largest absolute Gasteiger partial charge is 0.573 e. The molecule has 1 aromatic carbocycles. The van der Waals surface area contributed by atoms with Crippen molar-refractivity contribution in [2.45, 2.75) is 51.6 Å². The van der Waals surface area contributed by atoms with Crippen molar-refractivity contribution in [1.82, 2.24) is 25.2 Å². The maximum atomic E-state index is 12.6. The third-order valence-corrected chi connectivity index (χ3v) is 6.26. The highest BCUT2D eigenvalue weighted by molar-refractivity contribution is 7.16. The van der Waals surface area contributed by atoms with E-state index in [0.29, 0.717) is 21.2 Å². The quantitative estimate of drug-likeness (QED) is 0.520. The molecule has 1 aliphatic heterocycles. The van der Waals surface area contributed by atoms with Crippen LogP contribution in [0.25, 0.3) is 16.2 Å². The third kappa shape index (κ3) is 5.98. The summed E-state index contributed by atoms with van der Waals surface area (Å²) in [5.74, 6) is -0.175. The molecule has 34 heavy (non-hydrogen) atoms. The van der Waals surface area contributed by atoms with Gasteiger partial charge in [0.15, 0.2) is 0 Å². The van der Waals surface area contributed by atoms with Gasteiger partial charge in [-0.25, -0.2) is 14.3 Å². The number of hydrogen-bond donors (Lipinski definition) is 2. The maximum Gasteiger partial charge on any atom is 0.573 e. The third-order valence-electron chi connectivity index (χ3n) is 5.26. The molecule has 1 fully saturated rings. The summed E-state index contributed by atoms with van der Waals surface area (Å²) in [7, 11) is 0. The molecule has 1 amide bonds. The van der Waals surface area contributed by atoms with Gasteiger partial charge < -0.3 is 20.1 Å². The minimum atomic E-state index is -4.78. The fourth-order valence-electron chi connectivity index (χ4n) is 3.88. The van der Waals surface area contributed by atoms with E-state index in [1.165, 1.54) is 29.5 Å². The molecular weight excluding hydrogens is 471 g/mol. The Kier molecular flexibility index (Phi) is 6.72. The zero-order valence-electron chi connectivity index (χ0n) is 19.0. The number of amides is 1. The van der Waals surface area contributed by atoms with Crippen molar-refractivity contribution in [2.24, 2.45) is 5.92 Å². The second-order valence-electron chi connectivity index (χ2n) is 9.07. The molecular formula is C22H26F3N5O3S. The first-order valence-electron chi connectivity index (χ1n) is 10.9. The van der Waals surface area contributed by atoms with Gasteiger partial charge in [0, 0.05) is 5.56 Å². The molecule has 4 rings (SSSR count). The molecule has 3 heterocycles. The highest BCUT2D eigenvalue weighted by atomic mass is 32.1. The van der Waals surface area contributed by atoms with Crippen LogP contribution in [0.15, 0.2) is 30.5 Å². The van der Waals surface area contributed by atoms with Gasteiger partial charge in [0.05, 0.1) is 17.9 Å². The number of carbonyl (C=O) groups is 1. The Morgan fingerprint density at radius 1 is 1.26 bits per heavy atom. The summed E-state index contributed by atoms with van der Waals surface area (Å²) in [4.78, 5) is 17.5. The lowest BCUT2D eigenvalue weighted by Gasteiger charge is -2.30. The van der Waals surface area contributed by atoms with Crippen LogP contribution in [-0.2, 0) is 4.74 Å². The van der Waals surface area contributed by atoms with E-state index in [1.54, 1.807) is 37.5 Å². The molecule has 0 spiro atoms. The molecule has 1 atom stereocenters. The first-order valence-corrected chi connectivity index (χ1v) is 11.7. The molecule has 2 N–H and O–H groups in total. The summed E-state index contributed by atoms with van der Waals surface area (Å²) in [5.41, 5.74) is 0.354. The Labute approximate surface area is 198 Å². The molecule has 2 aromatic heterocycles. The maximum absolute atomic E-state index is 12.6. The Morgan fingerprint density at radius 2 is 2.00 bits per heavy atom. The number of aromatic nitrogens is 3. The average molecular weight is 498 g/mol. The molecule has 8 nitrogen and oxygen atoms in total. The molecule has 1 saturated heterocycles. The summed E-state index contributed by atoms with van der Waals surface area (Å²) >= 11 is 1.33. The number of benzene rings is 1. The van der Waals surface area contributed by atoms with Crippen molar-refractivity contribution < 1.29 is 27.4 Å². The van der Waals surface area contributed by atoms with Crippen LogP contribution in [0.5, 0.6) is 5.75 Å². The van der Waals surface area contributed by atoms with E-state index in [-0.39, 0.29) is 17.7 Å². The van der Waals surface area contributed by atoms with Crippen molar-refractivity contribution in [3.8, 4) is 17.0 Å². The molecule has 1 unspecified atom stereocenters.